The first kappa shape index (κ1) is 101. The van der Waals surface area contributed by atoms with E-state index in [1.54, 1.807) is 0 Å². The van der Waals surface area contributed by atoms with Gasteiger partial charge in [0.1, 0.15) is 19.3 Å². The molecule has 0 fully saturated rings. The summed E-state index contributed by atoms with van der Waals surface area (Å²) in [6, 6.07) is 0. The average Bonchev–Trinajstić information content (AvgIpc) is 0.901. The van der Waals surface area contributed by atoms with E-state index < -0.39 is 97.5 Å². The Balaban J connectivity index is 5.42. The van der Waals surface area contributed by atoms with Crippen LogP contribution in [0.5, 0.6) is 0 Å². The van der Waals surface area contributed by atoms with Crippen LogP contribution >= 0.6 is 15.6 Å². The molecule has 0 spiro atoms. The van der Waals surface area contributed by atoms with Crippen molar-refractivity contribution in [2.24, 2.45) is 0 Å². The topological polar surface area (TPSA) is 237 Å². The molecule has 19 heteroatoms. The van der Waals surface area contributed by atoms with Crippen LogP contribution < -0.4 is 0 Å². The maximum absolute atomic E-state index is 13.1. The van der Waals surface area contributed by atoms with Gasteiger partial charge in [-0.05, 0) is 167 Å². The fourth-order valence-electron chi connectivity index (χ4n) is 10.6. The lowest BCUT2D eigenvalue weighted by molar-refractivity contribution is -0.161. The third-order valence-electron chi connectivity index (χ3n) is 16.8. The molecule has 0 bridgehead atoms. The molecule has 0 aromatic heterocycles. The Morgan fingerprint density at radius 1 is 0.274 bits per heavy atom. The summed E-state index contributed by atoms with van der Waals surface area (Å²) in [5.74, 6) is -2.27. The summed E-state index contributed by atoms with van der Waals surface area (Å²) < 4.78 is 68.6. The first-order valence-corrected chi connectivity index (χ1v) is 44.1. The number of unbranched alkanes of at least 4 members (excludes halogenated alkanes) is 26. The number of aliphatic hydroxyl groups is 1. The predicted octanol–water partition coefficient (Wildman–Crippen LogP) is 24.2. The molecule has 0 heterocycles. The number of hydrogen-bond donors (Lipinski definition) is 3. The van der Waals surface area contributed by atoms with Crippen LogP contribution in [0, 0.1) is 0 Å². The zero-order valence-corrected chi connectivity index (χ0v) is 68.1. The number of phosphoric acid groups is 2. The quantitative estimate of drug-likeness (QED) is 0.0169. The molecule has 606 valence electrons. The van der Waals surface area contributed by atoms with Gasteiger partial charge in [-0.1, -0.05) is 276 Å². The van der Waals surface area contributed by atoms with E-state index in [2.05, 4.69) is 174 Å². The summed E-state index contributed by atoms with van der Waals surface area (Å²) in [5.41, 5.74) is 0. The zero-order chi connectivity index (χ0) is 77.4. The molecule has 0 saturated heterocycles. The highest BCUT2D eigenvalue weighted by molar-refractivity contribution is 7.47. The number of hydrogen-bond acceptors (Lipinski definition) is 15. The molecule has 0 rings (SSSR count). The monoisotopic (exact) mass is 1530 g/mol. The zero-order valence-electron chi connectivity index (χ0n) is 66.3. The van der Waals surface area contributed by atoms with Crippen molar-refractivity contribution in [2.75, 3.05) is 39.6 Å². The molecular weight excluding hydrogens is 1380 g/mol. The number of ether oxygens (including phenoxy) is 4. The number of aliphatic hydroxyl groups excluding tert-OH is 1. The number of carbonyl (C=O) groups excluding carboxylic acids is 4. The molecule has 0 radical (unpaired) electrons. The van der Waals surface area contributed by atoms with E-state index in [1.165, 1.54) is 64.2 Å². The Kier molecular flexibility index (Phi) is 74.3. The normalized spacial score (nSPS) is 14.6. The molecule has 3 N–H and O–H groups in total. The SMILES string of the molecule is CC/C=C\C/C=C\C/C=C\C/C=C\C/C=C\CCCCCC(=O)OCC(COP(=O)(O)OCC(O)COP(=O)(O)OCC(COC(=O)CCCCC/C=C\C/C=C\C/C=C\C/C=C\C/C=C\CC)OC(=O)CCCCCCC/C=C\CCCCCCCC)OC(=O)CCCCCCC/C=C\CCCCCC. The second-order valence-corrected chi connectivity index (χ2v) is 29.8. The van der Waals surface area contributed by atoms with E-state index in [0.717, 1.165) is 180 Å². The summed E-state index contributed by atoms with van der Waals surface area (Å²) >= 11 is 0. The van der Waals surface area contributed by atoms with Gasteiger partial charge in [0.2, 0.25) is 0 Å². The number of rotatable bonds is 76. The average molecular weight is 1530 g/mol. The standard InChI is InChI=1S/C87H146O17P2/c1-5-9-13-17-21-25-29-33-36-38-40-42-45-48-51-55-59-63-67-71-84(89)97-77-82(103-86(91)73-69-65-61-57-53-47-32-28-24-20-16-12-8-4)79-101-105(93,94)99-75-81(88)76-100-106(95,96)102-80-83(104-87(92)74-70-66-62-58-54-50-44-35-31-27-23-19-15-11-7-3)78-98-85(90)72-68-64-60-56-52-49-46-43-41-39-37-34-30-26-22-18-14-10-6-2/h9-10,13-14,21-22,25-26,28,32-37,40-44,48-49,51-52,81-83,88H,5-8,11-12,15-20,23-24,27,29-31,38-39,45-47,50,53-80H2,1-4H3,(H,93,94)(H,95,96)/b13-9-,14-10-,25-21-,26-22-,32-28-,36-33-,37-34-,42-40-,43-41-,44-35-,51-48-,52-49-. The second kappa shape index (κ2) is 78.1. The maximum Gasteiger partial charge on any atom is 0.472 e. The highest BCUT2D eigenvalue weighted by Crippen LogP contribution is 2.45. The Hall–Kier alpha value is -5.06. The van der Waals surface area contributed by atoms with Crippen LogP contribution in [0.25, 0.3) is 0 Å². The summed E-state index contributed by atoms with van der Waals surface area (Å²) in [6.07, 6.45) is 89.6. The van der Waals surface area contributed by atoms with E-state index in [-0.39, 0.29) is 25.7 Å². The first-order chi connectivity index (χ1) is 51.7. The highest BCUT2D eigenvalue weighted by Gasteiger charge is 2.30. The van der Waals surface area contributed by atoms with Gasteiger partial charge < -0.3 is 33.8 Å². The van der Waals surface area contributed by atoms with Gasteiger partial charge in [0.25, 0.3) is 0 Å². The van der Waals surface area contributed by atoms with Crippen molar-refractivity contribution in [3.05, 3.63) is 146 Å². The van der Waals surface area contributed by atoms with Crippen LogP contribution in [0.4, 0.5) is 0 Å². The first-order valence-electron chi connectivity index (χ1n) is 41.1. The van der Waals surface area contributed by atoms with Crippen LogP contribution in [0.15, 0.2) is 146 Å². The highest BCUT2D eigenvalue weighted by atomic mass is 31.2. The van der Waals surface area contributed by atoms with Gasteiger partial charge in [-0.25, -0.2) is 9.13 Å². The Morgan fingerprint density at radius 3 is 0.783 bits per heavy atom. The largest absolute Gasteiger partial charge is 0.472 e. The minimum Gasteiger partial charge on any atom is -0.462 e. The fourth-order valence-corrected chi connectivity index (χ4v) is 12.1. The van der Waals surface area contributed by atoms with Gasteiger partial charge in [-0.2, -0.15) is 0 Å². The lowest BCUT2D eigenvalue weighted by Gasteiger charge is -2.21. The minimum atomic E-state index is -4.99. The lowest BCUT2D eigenvalue weighted by atomic mass is 10.1. The van der Waals surface area contributed by atoms with Gasteiger partial charge >= 0.3 is 39.5 Å². The van der Waals surface area contributed by atoms with Crippen molar-refractivity contribution in [3.8, 4) is 0 Å². The molecule has 106 heavy (non-hydrogen) atoms. The third-order valence-corrected chi connectivity index (χ3v) is 18.7. The molecule has 0 aromatic carbocycles. The number of carbonyl (C=O) groups is 4. The van der Waals surface area contributed by atoms with Crippen LogP contribution in [-0.2, 0) is 65.4 Å². The van der Waals surface area contributed by atoms with Crippen LogP contribution in [0.3, 0.4) is 0 Å². The molecule has 0 aromatic rings. The molecule has 5 atom stereocenters. The van der Waals surface area contributed by atoms with Crippen molar-refractivity contribution in [1.29, 1.82) is 0 Å². The molecular formula is C87H146O17P2. The molecule has 5 unspecified atom stereocenters. The summed E-state index contributed by atoms with van der Waals surface area (Å²) in [7, 11) is -9.99. The van der Waals surface area contributed by atoms with E-state index >= 15 is 0 Å². The van der Waals surface area contributed by atoms with Crippen molar-refractivity contribution >= 4 is 39.5 Å². The third kappa shape index (κ3) is 77.1. The predicted molar refractivity (Wildman–Crippen MR) is 436 cm³/mol. The second-order valence-electron chi connectivity index (χ2n) is 26.9. The van der Waals surface area contributed by atoms with Crippen molar-refractivity contribution in [3.63, 3.8) is 0 Å². The Bertz CT molecular complexity index is 2580. The van der Waals surface area contributed by atoms with Crippen LogP contribution in [0.2, 0.25) is 0 Å². The molecule has 0 amide bonds. The summed E-state index contributed by atoms with van der Waals surface area (Å²) in [6.45, 7) is 4.55. The minimum absolute atomic E-state index is 0.0730. The Morgan fingerprint density at radius 2 is 0.491 bits per heavy atom. The van der Waals surface area contributed by atoms with Crippen molar-refractivity contribution in [1.82, 2.24) is 0 Å². The summed E-state index contributed by atoms with van der Waals surface area (Å²) in [5, 5.41) is 10.7. The molecule has 0 aliphatic carbocycles. The van der Waals surface area contributed by atoms with E-state index in [1.807, 2.05) is 0 Å². The van der Waals surface area contributed by atoms with Crippen molar-refractivity contribution in [2.45, 2.75) is 341 Å². The van der Waals surface area contributed by atoms with Gasteiger partial charge in [0.15, 0.2) is 12.2 Å². The summed E-state index contributed by atoms with van der Waals surface area (Å²) in [4.78, 5) is 73.1. The van der Waals surface area contributed by atoms with E-state index in [9.17, 15) is 43.2 Å². The van der Waals surface area contributed by atoms with Crippen molar-refractivity contribution < 1.29 is 80.2 Å². The number of esters is 4. The Labute approximate surface area is 643 Å². The van der Waals surface area contributed by atoms with Gasteiger partial charge in [0.05, 0.1) is 26.4 Å². The number of phosphoric ester groups is 2. The fraction of sp³-hybridized carbons (Fsp3) is 0.678. The van der Waals surface area contributed by atoms with E-state index in [4.69, 9.17) is 37.0 Å². The number of allylic oxidation sites excluding steroid dienone is 24. The van der Waals surface area contributed by atoms with E-state index in [0.29, 0.717) is 25.7 Å². The van der Waals surface area contributed by atoms with Crippen LogP contribution in [0.1, 0.15) is 323 Å². The van der Waals surface area contributed by atoms with Crippen LogP contribution in [-0.4, -0.2) is 96.7 Å². The molecule has 0 aliphatic rings. The van der Waals surface area contributed by atoms with Gasteiger partial charge in [-0.3, -0.25) is 37.3 Å². The van der Waals surface area contributed by atoms with Gasteiger partial charge in [-0.15, -0.1) is 0 Å². The maximum atomic E-state index is 13.1. The smallest absolute Gasteiger partial charge is 0.462 e. The molecule has 17 nitrogen and oxygen atoms in total. The molecule has 0 saturated carbocycles. The lowest BCUT2D eigenvalue weighted by Crippen LogP contribution is -2.30. The van der Waals surface area contributed by atoms with Gasteiger partial charge in [0, 0.05) is 25.7 Å². The molecule has 0 aliphatic heterocycles.